The molecular weight excluding hydrogens is 222 g/mol. The molecule has 0 aliphatic rings. The molecule has 0 spiro atoms. The zero-order valence-corrected chi connectivity index (χ0v) is 14.0. The van der Waals surface area contributed by atoms with Crippen LogP contribution in [0.5, 0.6) is 0 Å². The van der Waals surface area contributed by atoms with Crippen molar-refractivity contribution in [3.8, 4) is 0 Å². The van der Waals surface area contributed by atoms with Crippen LogP contribution in [0.15, 0.2) is 0 Å². The van der Waals surface area contributed by atoms with Gasteiger partial charge in [0.2, 0.25) is 5.91 Å². The van der Waals surface area contributed by atoms with Gasteiger partial charge >= 0.3 is 0 Å². The molecule has 0 N–H and O–H groups in total. The van der Waals surface area contributed by atoms with Gasteiger partial charge in [-0.1, -0.05) is 48.5 Å². The van der Waals surface area contributed by atoms with E-state index in [9.17, 15) is 4.79 Å². The quantitative estimate of drug-likeness (QED) is 0.715. The average Bonchev–Trinajstić information content (AvgIpc) is 2.09. The molecule has 0 fully saturated rings. The van der Waals surface area contributed by atoms with E-state index in [-0.39, 0.29) is 16.7 Å². The highest BCUT2D eigenvalue weighted by atomic mass is 16.2. The van der Waals surface area contributed by atoms with Crippen LogP contribution < -0.4 is 0 Å². The van der Waals surface area contributed by atoms with Crippen molar-refractivity contribution in [2.75, 3.05) is 13.6 Å². The second-order valence-corrected chi connectivity index (χ2v) is 8.28. The predicted molar refractivity (Wildman–Crippen MR) is 79.6 cm³/mol. The lowest BCUT2D eigenvalue weighted by molar-refractivity contribution is -0.140. The fourth-order valence-corrected chi connectivity index (χ4v) is 3.43. The van der Waals surface area contributed by atoms with E-state index in [1.165, 1.54) is 0 Å². The lowest BCUT2D eigenvalue weighted by atomic mass is 9.68. The predicted octanol–water partition coefficient (Wildman–Crippen LogP) is 4.34. The van der Waals surface area contributed by atoms with Crippen LogP contribution in [0.1, 0.15) is 68.2 Å². The van der Waals surface area contributed by atoms with E-state index < -0.39 is 0 Å². The van der Waals surface area contributed by atoms with Gasteiger partial charge in [-0.25, -0.2) is 0 Å². The Morgan fingerprint density at radius 2 is 1.39 bits per heavy atom. The Kier molecular flexibility index (Phi) is 5.46. The summed E-state index contributed by atoms with van der Waals surface area (Å²) in [5, 5.41) is 0. The maximum absolute atomic E-state index is 12.4. The molecule has 0 aromatic heterocycles. The summed E-state index contributed by atoms with van der Waals surface area (Å²) in [7, 11) is 1.89. The summed E-state index contributed by atoms with van der Waals surface area (Å²) >= 11 is 0. The van der Waals surface area contributed by atoms with Crippen LogP contribution in [0, 0.1) is 16.2 Å². The Hall–Kier alpha value is -0.530. The third kappa shape index (κ3) is 5.88. The SMILES string of the molecule is CCN(C)C(=O)C(C)(C)CC(C)(C)CC(C)(C)C. The molecule has 1 amide bonds. The average molecular weight is 255 g/mol. The Bertz CT molecular complexity index is 284. The zero-order chi connectivity index (χ0) is 14.8. The summed E-state index contributed by atoms with van der Waals surface area (Å²) in [5.41, 5.74) is 0.213. The normalized spacial score (nSPS) is 13.6. The minimum Gasteiger partial charge on any atom is -0.346 e. The van der Waals surface area contributed by atoms with E-state index in [0.717, 1.165) is 19.4 Å². The molecule has 0 unspecified atom stereocenters. The van der Waals surface area contributed by atoms with Crippen molar-refractivity contribution in [1.82, 2.24) is 4.90 Å². The second kappa shape index (κ2) is 5.63. The number of hydrogen-bond acceptors (Lipinski definition) is 1. The van der Waals surface area contributed by atoms with Crippen molar-refractivity contribution in [2.45, 2.75) is 68.2 Å². The van der Waals surface area contributed by atoms with Crippen LogP contribution in [0.3, 0.4) is 0 Å². The molecule has 0 atom stereocenters. The van der Waals surface area contributed by atoms with E-state index in [2.05, 4.69) is 48.5 Å². The van der Waals surface area contributed by atoms with Crippen molar-refractivity contribution in [1.29, 1.82) is 0 Å². The third-order valence-corrected chi connectivity index (χ3v) is 3.33. The summed E-state index contributed by atoms with van der Waals surface area (Å²) in [6.45, 7) is 18.3. The lowest BCUT2D eigenvalue weighted by Crippen LogP contribution is -2.41. The number of carbonyl (C=O) groups is 1. The monoisotopic (exact) mass is 255 g/mol. The van der Waals surface area contributed by atoms with Gasteiger partial charge in [-0.3, -0.25) is 4.79 Å². The van der Waals surface area contributed by atoms with Gasteiger partial charge in [0.1, 0.15) is 0 Å². The largest absolute Gasteiger partial charge is 0.346 e. The number of amides is 1. The Labute approximate surface area is 114 Å². The smallest absolute Gasteiger partial charge is 0.227 e. The minimum absolute atomic E-state index is 0.186. The van der Waals surface area contributed by atoms with Crippen LogP contribution in [-0.2, 0) is 4.79 Å². The van der Waals surface area contributed by atoms with E-state index in [1.54, 1.807) is 0 Å². The van der Waals surface area contributed by atoms with Gasteiger partial charge in [-0.2, -0.15) is 0 Å². The molecule has 2 nitrogen and oxygen atoms in total. The number of rotatable bonds is 5. The highest BCUT2D eigenvalue weighted by Crippen LogP contribution is 2.42. The number of hydrogen-bond donors (Lipinski definition) is 0. The van der Waals surface area contributed by atoms with E-state index in [0.29, 0.717) is 5.41 Å². The zero-order valence-electron chi connectivity index (χ0n) is 14.0. The molecule has 0 radical (unpaired) electrons. The number of carbonyl (C=O) groups excluding carboxylic acids is 1. The van der Waals surface area contributed by atoms with Crippen LogP contribution in [0.25, 0.3) is 0 Å². The van der Waals surface area contributed by atoms with E-state index in [4.69, 9.17) is 0 Å². The highest BCUT2D eigenvalue weighted by molar-refractivity contribution is 5.81. The Morgan fingerprint density at radius 3 is 1.72 bits per heavy atom. The molecule has 0 aliphatic carbocycles. The molecule has 0 aliphatic heterocycles. The molecule has 18 heavy (non-hydrogen) atoms. The fraction of sp³-hybridized carbons (Fsp3) is 0.938. The summed E-state index contributed by atoms with van der Waals surface area (Å²) in [4.78, 5) is 14.2. The molecule has 2 heteroatoms. The Balaban J connectivity index is 4.80. The molecule has 0 saturated carbocycles. The van der Waals surface area contributed by atoms with Gasteiger partial charge in [0, 0.05) is 19.0 Å². The Morgan fingerprint density at radius 1 is 0.944 bits per heavy atom. The standard InChI is InChI=1S/C16H33NO/c1-10-17(9)13(18)16(7,8)12-15(5,6)11-14(2,3)4/h10-12H2,1-9H3. The van der Waals surface area contributed by atoms with Gasteiger partial charge in [0.25, 0.3) is 0 Å². The summed E-state index contributed by atoms with van der Waals surface area (Å²) < 4.78 is 0. The van der Waals surface area contributed by atoms with Gasteiger partial charge in [0.15, 0.2) is 0 Å². The number of nitrogens with zero attached hydrogens (tertiary/aromatic N) is 1. The third-order valence-electron chi connectivity index (χ3n) is 3.33. The van der Waals surface area contributed by atoms with Crippen molar-refractivity contribution in [3.05, 3.63) is 0 Å². The first-order valence-electron chi connectivity index (χ1n) is 7.06. The lowest BCUT2D eigenvalue weighted by Gasteiger charge is -2.39. The molecule has 0 bridgehead atoms. The van der Waals surface area contributed by atoms with Gasteiger partial charge < -0.3 is 4.90 Å². The maximum atomic E-state index is 12.4. The molecule has 0 aromatic carbocycles. The molecule has 108 valence electrons. The molecule has 0 heterocycles. The first kappa shape index (κ1) is 17.5. The van der Waals surface area contributed by atoms with Crippen molar-refractivity contribution >= 4 is 5.91 Å². The second-order valence-electron chi connectivity index (χ2n) is 8.28. The highest BCUT2D eigenvalue weighted by Gasteiger charge is 2.37. The van der Waals surface area contributed by atoms with E-state index in [1.807, 2.05) is 18.9 Å². The van der Waals surface area contributed by atoms with Crippen LogP contribution in [0.4, 0.5) is 0 Å². The molecule has 0 rings (SSSR count). The molecule has 0 aromatic rings. The van der Waals surface area contributed by atoms with Crippen molar-refractivity contribution < 1.29 is 4.79 Å². The molecule has 0 saturated heterocycles. The molecular formula is C16H33NO. The van der Waals surface area contributed by atoms with Gasteiger partial charge in [0.05, 0.1) is 0 Å². The van der Waals surface area contributed by atoms with Gasteiger partial charge in [-0.05, 0) is 30.6 Å². The topological polar surface area (TPSA) is 20.3 Å². The van der Waals surface area contributed by atoms with Crippen LogP contribution in [0.2, 0.25) is 0 Å². The first-order chi connectivity index (χ1) is 7.81. The summed E-state index contributed by atoms with van der Waals surface area (Å²) in [6.07, 6.45) is 2.06. The fourth-order valence-electron chi connectivity index (χ4n) is 3.43. The van der Waals surface area contributed by atoms with Crippen molar-refractivity contribution in [3.63, 3.8) is 0 Å². The summed E-state index contributed by atoms with van der Waals surface area (Å²) in [5.74, 6) is 0.256. The summed E-state index contributed by atoms with van der Waals surface area (Å²) in [6, 6.07) is 0. The maximum Gasteiger partial charge on any atom is 0.227 e. The van der Waals surface area contributed by atoms with Crippen LogP contribution >= 0.6 is 0 Å². The van der Waals surface area contributed by atoms with Crippen molar-refractivity contribution in [2.24, 2.45) is 16.2 Å². The van der Waals surface area contributed by atoms with Gasteiger partial charge in [-0.15, -0.1) is 0 Å². The van der Waals surface area contributed by atoms with Crippen LogP contribution in [-0.4, -0.2) is 24.4 Å². The minimum atomic E-state index is -0.278. The van der Waals surface area contributed by atoms with E-state index >= 15 is 0 Å². The first-order valence-corrected chi connectivity index (χ1v) is 7.06.